The van der Waals surface area contributed by atoms with Crippen LogP contribution in [0.4, 0.5) is 0 Å². The Kier molecular flexibility index (Phi) is 2.63. The highest BCUT2D eigenvalue weighted by Crippen LogP contribution is 2.48. The van der Waals surface area contributed by atoms with Gasteiger partial charge in [-0.05, 0) is 31.1 Å². The first-order valence-electron chi connectivity index (χ1n) is 6.11. The summed E-state index contributed by atoms with van der Waals surface area (Å²) in [5.74, 6) is 1.11. The zero-order valence-corrected chi connectivity index (χ0v) is 9.50. The third-order valence-electron chi connectivity index (χ3n) is 4.27. The second kappa shape index (κ2) is 4.14. The van der Waals surface area contributed by atoms with Crippen molar-refractivity contribution in [1.82, 2.24) is 10.5 Å². The Hall–Kier alpha value is -1.36. The van der Waals surface area contributed by atoms with Crippen molar-refractivity contribution in [3.63, 3.8) is 0 Å². The van der Waals surface area contributed by atoms with E-state index in [1.165, 1.54) is 12.7 Å². The van der Waals surface area contributed by atoms with Crippen molar-refractivity contribution in [2.24, 2.45) is 17.8 Å². The molecule has 0 saturated heterocycles. The molecule has 17 heavy (non-hydrogen) atoms. The van der Waals surface area contributed by atoms with Gasteiger partial charge in [0.2, 0.25) is 0 Å². The molecule has 5 nitrogen and oxygen atoms in total. The second-order valence-electron chi connectivity index (χ2n) is 5.06. The van der Waals surface area contributed by atoms with Crippen LogP contribution in [0.1, 0.15) is 29.8 Å². The van der Waals surface area contributed by atoms with Crippen LogP contribution in [0.5, 0.6) is 0 Å². The van der Waals surface area contributed by atoms with E-state index < -0.39 is 0 Å². The minimum absolute atomic E-state index is 0.1000. The summed E-state index contributed by atoms with van der Waals surface area (Å²) >= 11 is 0. The summed E-state index contributed by atoms with van der Waals surface area (Å²) in [6.45, 7) is 0.158. The molecule has 5 heteroatoms. The highest BCUT2D eigenvalue weighted by molar-refractivity contribution is 5.92. The standard InChI is InChI=1S/C12H16N2O3/c15-6-9-7-1-2-8(5-7)11(9)13-12(16)10-3-4-17-14-10/h3-4,7-9,11,15H,1-2,5-6H2,(H,13,16). The normalized spacial score (nSPS) is 35.1. The molecule has 2 aliphatic rings. The fourth-order valence-electron chi connectivity index (χ4n) is 3.45. The lowest BCUT2D eigenvalue weighted by Crippen LogP contribution is -2.45. The molecule has 1 heterocycles. The smallest absolute Gasteiger partial charge is 0.273 e. The van der Waals surface area contributed by atoms with Gasteiger partial charge in [-0.25, -0.2) is 0 Å². The number of aliphatic hydroxyl groups is 1. The first kappa shape index (κ1) is 10.8. The van der Waals surface area contributed by atoms with Crippen molar-refractivity contribution < 1.29 is 14.4 Å². The van der Waals surface area contributed by atoms with Gasteiger partial charge in [-0.2, -0.15) is 0 Å². The molecule has 4 unspecified atom stereocenters. The summed E-state index contributed by atoms with van der Waals surface area (Å²) in [5.41, 5.74) is 0.310. The van der Waals surface area contributed by atoms with Crippen molar-refractivity contribution >= 4 is 5.91 Å². The molecule has 1 aromatic heterocycles. The van der Waals surface area contributed by atoms with Crippen molar-refractivity contribution in [3.05, 3.63) is 18.0 Å². The molecule has 2 saturated carbocycles. The van der Waals surface area contributed by atoms with Crippen LogP contribution in [-0.4, -0.2) is 28.8 Å². The third kappa shape index (κ3) is 1.74. The lowest BCUT2D eigenvalue weighted by atomic mass is 9.85. The Balaban J connectivity index is 1.71. The van der Waals surface area contributed by atoms with Gasteiger partial charge in [-0.15, -0.1) is 0 Å². The van der Waals surface area contributed by atoms with E-state index in [0.717, 1.165) is 12.8 Å². The number of carbonyl (C=O) groups is 1. The number of rotatable bonds is 3. The van der Waals surface area contributed by atoms with Gasteiger partial charge in [0.1, 0.15) is 6.26 Å². The number of hydrogen-bond donors (Lipinski definition) is 2. The van der Waals surface area contributed by atoms with E-state index in [1.807, 2.05) is 0 Å². The Morgan fingerprint density at radius 3 is 3.06 bits per heavy atom. The van der Waals surface area contributed by atoms with Gasteiger partial charge in [-0.1, -0.05) is 5.16 Å². The molecule has 1 amide bonds. The number of amides is 1. The number of aromatic nitrogens is 1. The predicted octanol–water partition coefficient (Wildman–Crippen LogP) is 0.811. The molecule has 4 atom stereocenters. The molecular formula is C12H16N2O3. The maximum Gasteiger partial charge on any atom is 0.273 e. The van der Waals surface area contributed by atoms with E-state index in [2.05, 4.69) is 15.0 Å². The Labute approximate surface area is 99.2 Å². The summed E-state index contributed by atoms with van der Waals surface area (Å²) < 4.78 is 4.66. The quantitative estimate of drug-likeness (QED) is 0.814. The molecule has 3 rings (SSSR count). The average Bonchev–Trinajstić information content (AvgIpc) is 3.05. The monoisotopic (exact) mass is 236 g/mol. The summed E-state index contributed by atoms with van der Waals surface area (Å²) in [7, 11) is 0. The number of nitrogens with zero attached hydrogens (tertiary/aromatic N) is 1. The van der Waals surface area contributed by atoms with Crippen LogP contribution in [-0.2, 0) is 0 Å². The number of carbonyl (C=O) groups excluding carboxylic acids is 1. The first-order chi connectivity index (χ1) is 8.29. The van der Waals surface area contributed by atoms with Gasteiger partial charge in [0, 0.05) is 24.6 Å². The maximum absolute atomic E-state index is 11.9. The van der Waals surface area contributed by atoms with Crippen LogP contribution in [0.25, 0.3) is 0 Å². The molecule has 2 bridgehead atoms. The van der Waals surface area contributed by atoms with Crippen LogP contribution in [0.2, 0.25) is 0 Å². The Morgan fingerprint density at radius 1 is 1.53 bits per heavy atom. The lowest BCUT2D eigenvalue weighted by molar-refractivity contribution is 0.0853. The Bertz CT molecular complexity index is 404. The molecule has 92 valence electrons. The number of aliphatic hydroxyl groups excluding tert-OH is 1. The van der Waals surface area contributed by atoms with Crippen LogP contribution in [0, 0.1) is 17.8 Å². The van der Waals surface area contributed by atoms with E-state index >= 15 is 0 Å². The maximum atomic E-state index is 11.9. The SMILES string of the molecule is O=C(NC1C2CCC(C2)C1CO)c1ccon1. The van der Waals surface area contributed by atoms with E-state index in [9.17, 15) is 9.90 Å². The minimum atomic E-state index is -0.199. The van der Waals surface area contributed by atoms with Crippen molar-refractivity contribution in [1.29, 1.82) is 0 Å². The van der Waals surface area contributed by atoms with Crippen molar-refractivity contribution in [2.75, 3.05) is 6.61 Å². The van der Waals surface area contributed by atoms with E-state index in [0.29, 0.717) is 17.5 Å². The molecule has 2 aliphatic carbocycles. The van der Waals surface area contributed by atoms with Crippen molar-refractivity contribution in [3.8, 4) is 0 Å². The molecule has 1 aromatic rings. The van der Waals surface area contributed by atoms with Gasteiger partial charge >= 0.3 is 0 Å². The van der Waals surface area contributed by atoms with Gasteiger partial charge in [-0.3, -0.25) is 4.79 Å². The lowest BCUT2D eigenvalue weighted by Gasteiger charge is -2.30. The molecule has 2 fully saturated rings. The van der Waals surface area contributed by atoms with Crippen LogP contribution < -0.4 is 5.32 Å². The molecule has 0 aromatic carbocycles. The largest absolute Gasteiger partial charge is 0.396 e. The number of hydrogen-bond acceptors (Lipinski definition) is 4. The molecular weight excluding hydrogens is 220 g/mol. The van der Waals surface area contributed by atoms with Gasteiger partial charge in [0.05, 0.1) is 0 Å². The summed E-state index contributed by atoms with van der Waals surface area (Å²) in [6, 6.07) is 1.65. The molecule has 0 radical (unpaired) electrons. The fourth-order valence-corrected chi connectivity index (χ4v) is 3.45. The molecule has 2 N–H and O–H groups in total. The number of fused-ring (bicyclic) bond motifs is 2. The summed E-state index contributed by atoms with van der Waals surface area (Å²) in [4.78, 5) is 11.9. The fraction of sp³-hybridized carbons (Fsp3) is 0.667. The zero-order valence-electron chi connectivity index (χ0n) is 9.50. The van der Waals surface area contributed by atoms with Gasteiger partial charge in [0.15, 0.2) is 5.69 Å². The topological polar surface area (TPSA) is 75.4 Å². The minimum Gasteiger partial charge on any atom is -0.396 e. The van der Waals surface area contributed by atoms with E-state index in [4.69, 9.17) is 0 Å². The van der Waals surface area contributed by atoms with Crippen LogP contribution >= 0.6 is 0 Å². The third-order valence-corrected chi connectivity index (χ3v) is 4.27. The number of nitrogens with one attached hydrogen (secondary N) is 1. The predicted molar refractivity (Wildman–Crippen MR) is 59.2 cm³/mol. The highest BCUT2D eigenvalue weighted by Gasteiger charge is 2.47. The second-order valence-corrected chi connectivity index (χ2v) is 5.06. The first-order valence-corrected chi connectivity index (χ1v) is 6.11. The van der Waals surface area contributed by atoms with Crippen LogP contribution in [0.15, 0.2) is 16.9 Å². The van der Waals surface area contributed by atoms with Gasteiger partial charge in [0.25, 0.3) is 5.91 Å². The molecule has 0 aliphatic heterocycles. The van der Waals surface area contributed by atoms with Crippen LogP contribution in [0.3, 0.4) is 0 Å². The zero-order chi connectivity index (χ0) is 11.8. The van der Waals surface area contributed by atoms with Gasteiger partial charge < -0.3 is 14.9 Å². The van der Waals surface area contributed by atoms with E-state index in [1.54, 1.807) is 6.07 Å². The van der Waals surface area contributed by atoms with E-state index in [-0.39, 0.29) is 24.5 Å². The summed E-state index contributed by atoms with van der Waals surface area (Å²) in [6.07, 6.45) is 4.87. The average molecular weight is 236 g/mol. The Morgan fingerprint density at radius 2 is 2.35 bits per heavy atom. The highest BCUT2D eigenvalue weighted by atomic mass is 16.5. The molecule has 0 spiro atoms. The summed E-state index contributed by atoms with van der Waals surface area (Å²) in [5, 5.41) is 16.0. The van der Waals surface area contributed by atoms with Crippen molar-refractivity contribution in [2.45, 2.75) is 25.3 Å².